The molecule has 1 unspecified atom stereocenters. The maximum atomic E-state index is 13.3. The number of amides is 1. The molecule has 1 aromatic heterocycles. The first-order valence-electron chi connectivity index (χ1n) is 11.0. The lowest BCUT2D eigenvalue weighted by molar-refractivity contribution is -0.117. The number of hydrogen-bond donors (Lipinski definition) is 0. The Kier molecular flexibility index (Phi) is 5.59. The predicted octanol–water partition coefficient (Wildman–Crippen LogP) is 2.47. The van der Waals surface area contributed by atoms with E-state index in [9.17, 15) is 13.2 Å². The number of aromatic nitrogens is 1. The quantitative estimate of drug-likeness (QED) is 0.578. The second-order valence-electron chi connectivity index (χ2n) is 8.49. The van der Waals surface area contributed by atoms with Gasteiger partial charge in [-0.15, -0.1) is 0 Å². The normalized spacial score (nSPS) is 19.9. The van der Waals surface area contributed by atoms with Gasteiger partial charge in [-0.2, -0.15) is 4.31 Å². The number of piperazine rings is 1. The fourth-order valence-electron chi connectivity index (χ4n) is 4.42. The molecule has 3 aromatic rings. The maximum absolute atomic E-state index is 13.3. The predicted molar refractivity (Wildman–Crippen MR) is 123 cm³/mol. The third kappa shape index (κ3) is 4.09. The van der Waals surface area contributed by atoms with Gasteiger partial charge in [0.25, 0.3) is 0 Å². The van der Waals surface area contributed by atoms with Crippen molar-refractivity contribution in [2.75, 3.05) is 37.6 Å². The van der Waals surface area contributed by atoms with E-state index in [1.54, 1.807) is 23.1 Å². The van der Waals surface area contributed by atoms with Crippen molar-refractivity contribution in [2.45, 2.75) is 31.4 Å². The van der Waals surface area contributed by atoms with Gasteiger partial charge in [-0.25, -0.2) is 8.42 Å². The zero-order valence-electron chi connectivity index (χ0n) is 18.6. The molecule has 5 rings (SSSR count). The molecule has 0 bridgehead atoms. The molecule has 9 nitrogen and oxygen atoms in total. The number of sulfonamides is 1. The molecule has 1 saturated heterocycles. The highest BCUT2D eigenvalue weighted by atomic mass is 32.2. The minimum Gasteiger partial charge on any atom is -0.487 e. The van der Waals surface area contributed by atoms with Gasteiger partial charge in [0.15, 0.2) is 5.58 Å². The molecule has 2 aromatic carbocycles. The SMILES string of the molecule is CC(=O)N1CC(C)Oc2ccc(S(=O)(=O)N3CCN(Cc4noc5ccccc45)CC3)cc21. The number of benzene rings is 2. The van der Waals surface area contributed by atoms with Crippen LogP contribution in [0.5, 0.6) is 5.75 Å². The molecule has 33 heavy (non-hydrogen) atoms. The van der Waals surface area contributed by atoms with E-state index < -0.39 is 10.0 Å². The number of nitrogens with zero attached hydrogens (tertiary/aromatic N) is 4. The van der Waals surface area contributed by atoms with Crippen molar-refractivity contribution >= 4 is 32.6 Å². The van der Waals surface area contributed by atoms with Gasteiger partial charge in [0, 0.05) is 45.0 Å². The molecule has 174 valence electrons. The lowest BCUT2D eigenvalue weighted by atomic mass is 10.2. The number of ether oxygens (including phenoxy) is 1. The van der Waals surface area contributed by atoms with Crippen LogP contribution in [0.2, 0.25) is 0 Å². The van der Waals surface area contributed by atoms with E-state index in [2.05, 4.69) is 10.1 Å². The molecular weight excluding hydrogens is 444 g/mol. The smallest absolute Gasteiger partial charge is 0.243 e. The summed E-state index contributed by atoms with van der Waals surface area (Å²) >= 11 is 0. The molecule has 0 N–H and O–H groups in total. The van der Waals surface area contributed by atoms with Crippen LogP contribution in [0.4, 0.5) is 5.69 Å². The van der Waals surface area contributed by atoms with Gasteiger partial charge in [0.05, 0.1) is 17.1 Å². The average molecular weight is 471 g/mol. The summed E-state index contributed by atoms with van der Waals surface area (Å²) in [5.74, 6) is 0.377. The molecule has 0 spiro atoms. The Hall–Kier alpha value is -2.95. The molecule has 1 atom stereocenters. The fourth-order valence-corrected chi connectivity index (χ4v) is 5.86. The third-order valence-electron chi connectivity index (χ3n) is 6.16. The highest BCUT2D eigenvalue weighted by molar-refractivity contribution is 7.89. The Morgan fingerprint density at radius 3 is 2.64 bits per heavy atom. The van der Waals surface area contributed by atoms with Crippen molar-refractivity contribution in [1.29, 1.82) is 0 Å². The van der Waals surface area contributed by atoms with Crippen LogP contribution in [0.1, 0.15) is 19.5 Å². The highest BCUT2D eigenvalue weighted by Crippen LogP contribution is 2.36. The van der Waals surface area contributed by atoms with Crippen molar-refractivity contribution in [3.05, 3.63) is 48.2 Å². The van der Waals surface area contributed by atoms with Crippen LogP contribution in [-0.2, 0) is 21.4 Å². The fraction of sp³-hybridized carbons (Fsp3) is 0.391. The van der Waals surface area contributed by atoms with Crippen LogP contribution in [0.25, 0.3) is 11.0 Å². The minimum absolute atomic E-state index is 0.144. The first-order chi connectivity index (χ1) is 15.8. The number of anilines is 1. The third-order valence-corrected chi connectivity index (χ3v) is 8.06. The minimum atomic E-state index is -3.70. The Morgan fingerprint density at radius 2 is 1.88 bits per heavy atom. The van der Waals surface area contributed by atoms with Crippen molar-refractivity contribution in [3.8, 4) is 5.75 Å². The van der Waals surface area contributed by atoms with Crippen molar-refractivity contribution in [2.24, 2.45) is 0 Å². The van der Waals surface area contributed by atoms with Crippen molar-refractivity contribution in [1.82, 2.24) is 14.4 Å². The van der Waals surface area contributed by atoms with Gasteiger partial charge in [-0.05, 0) is 37.3 Å². The zero-order valence-corrected chi connectivity index (χ0v) is 19.4. The average Bonchev–Trinajstić information content (AvgIpc) is 3.21. The van der Waals surface area contributed by atoms with Crippen LogP contribution >= 0.6 is 0 Å². The van der Waals surface area contributed by atoms with Crippen LogP contribution in [-0.4, -0.2) is 67.5 Å². The van der Waals surface area contributed by atoms with Gasteiger partial charge >= 0.3 is 0 Å². The van der Waals surface area contributed by atoms with Crippen LogP contribution in [0.15, 0.2) is 51.9 Å². The van der Waals surface area contributed by atoms with Gasteiger partial charge in [0.2, 0.25) is 15.9 Å². The lowest BCUT2D eigenvalue weighted by Gasteiger charge is -2.35. The molecule has 10 heteroatoms. The van der Waals surface area contributed by atoms with Crippen molar-refractivity contribution in [3.63, 3.8) is 0 Å². The molecular formula is C23H26N4O5S. The van der Waals surface area contributed by atoms with Crippen molar-refractivity contribution < 1.29 is 22.5 Å². The molecule has 1 fully saturated rings. The molecule has 0 radical (unpaired) electrons. The second-order valence-corrected chi connectivity index (χ2v) is 10.4. The van der Waals surface area contributed by atoms with Crippen LogP contribution < -0.4 is 9.64 Å². The van der Waals surface area contributed by atoms with E-state index in [1.165, 1.54) is 11.2 Å². The lowest BCUT2D eigenvalue weighted by Crippen LogP contribution is -2.48. The first kappa shape index (κ1) is 21.9. The van der Waals surface area contributed by atoms with Crippen LogP contribution in [0.3, 0.4) is 0 Å². The summed E-state index contributed by atoms with van der Waals surface area (Å²) in [6.07, 6.45) is -0.154. The molecule has 2 aliphatic rings. The number of fused-ring (bicyclic) bond motifs is 2. The highest BCUT2D eigenvalue weighted by Gasteiger charge is 2.32. The second kappa shape index (κ2) is 8.44. The number of carbonyl (C=O) groups is 1. The summed E-state index contributed by atoms with van der Waals surface area (Å²) in [7, 11) is -3.70. The van der Waals surface area contributed by atoms with Crippen LogP contribution in [0, 0.1) is 0 Å². The van der Waals surface area contributed by atoms with E-state index in [1.807, 2.05) is 31.2 Å². The van der Waals surface area contributed by atoms with E-state index in [4.69, 9.17) is 9.26 Å². The summed E-state index contributed by atoms with van der Waals surface area (Å²) in [5, 5.41) is 5.16. The number of carbonyl (C=O) groups excluding carboxylic acids is 1. The molecule has 0 saturated carbocycles. The van der Waals surface area contributed by atoms with Gasteiger partial charge in [-0.1, -0.05) is 17.3 Å². The summed E-state index contributed by atoms with van der Waals surface area (Å²) in [4.78, 5) is 16.0. The molecule has 3 heterocycles. The topological polar surface area (TPSA) is 96.2 Å². The van der Waals surface area contributed by atoms with Gasteiger partial charge in [0.1, 0.15) is 17.5 Å². The summed E-state index contributed by atoms with van der Waals surface area (Å²) in [5.41, 5.74) is 2.10. The Morgan fingerprint density at radius 1 is 1.12 bits per heavy atom. The number of para-hydroxylation sites is 1. The largest absolute Gasteiger partial charge is 0.487 e. The molecule has 2 aliphatic heterocycles. The Bertz CT molecular complexity index is 1300. The number of hydrogen-bond acceptors (Lipinski definition) is 7. The maximum Gasteiger partial charge on any atom is 0.243 e. The Balaban J connectivity index is 1.30. The van der Waals surface area contributed by atoms with Gasteiger partial charge < -0.3 is 14.2 Å². The van der Waals surface area contributed by atoms with Gasteiger partial charge in [-0.3, -0.25) is 9.69 Å². The molecule has 0 aliphatic carbocycles. The monoisotopic (exact) mass is 470 g/mol. The summed E-state index contributed by atoms with van der Waals surface area (Å²) in [6.45, 7) is 6.27. The first-order valence-corrected chi connectivity index (χ1v) is 12.4. The standard InChI is InChI=1S/C23H26N4O5S/c1-16-14-27(17(2)28)21-13-18(7-8-23(21)31-16)33(29,30)26-11-9-25(10-12-26)15-20-19-5-3-4-6-22(19)32-24-20/h3-8,13,16H,9-12,14-15H2,1-2H3. The van der Waals surface area contributed by atoms with E-state index in [-0.39, 0.29) is 16.9 Å². The summed E-state index contributed by atoms with van der Waals surface area (Å²) in [6, 6.07) is 12.5. The summed E-state index contributed by atoms with van der Waals surface area (Å²) < 4.78 is 39.4. The zero-order chi connectivity index (χ0) is 23.2. The Labute approximate surface area is 192 Å². The van der Waals surface area contributed by atoms with E-state index in [0.29, 0.717) is 50.7 Å². The van der Waals surface area contributed by atoms with E-state index in [0.717, 1.165) is 16.7 Å². The number of rotatable bonds is 4. The molecule has 1 amide bonds. The van der Waals surface area contributed by atoms with E-state index >= 15 is 0 Å².